The van der Waals surface area contributed by atoms with E-state index < -0.39 is 0 Å². The van der Waals surface area contributed by atoms with Gasteiger partial charge in [-0.25, -0.2) is 4.57 Å². The third kappa shape index (κ3) is 14.6. The number of hydrogen-bond acceptors (Lipinski definition) is 1. The highest BCUT2D eigenvalue weighted by atomic mass is 35.5. The van der Waals surface area contributed by atoms with Crippen LogP contribution in [0, 0.1) is 0 Å². The number of halogens is 1. The van der Waals surface area contributed by atoms with E-state index in [0.717, 1.165) is 13.0 Å². The number of hydrogen-bond donors (Lipinski definition) is 1. The van der Waals surface area contributed by atoms with E-state index in [1.165, 1.54) is 95.5 Å². The minimum absolute atomic E-state index is 0. The molecular formula is C23H42ClNO. The zero-order valence-corrected chi connectivity index (χ0v) is 17.9. The number of nitrogens with zero attached hydrogens (tertiary/aromatic N) is 1. The zero-order valence-electron chi connectivity index (χ0n) is 17.1. The third-order valence-corrected chi connectivity index (χ3v) is 5.06. The number of rotatable bonds is 17. The van der Waals surface area contributed by atoms with Gasteiger partial charge in [-0.1, -0.05) is 71.1 Å². The molecule has 0 aromatic carbocycles. The molecule has 1 heterocycles. The van der Waals surface area contributed by atoms with Crippen LogP contribution in [0.2, 0.25) is 0 Å². The molecule has 1 aromatic heterocycles. The minimum Gasteiger partial charge on any atom is -1.00 e. The highest BCUT2D eigenvalue weighted by Gasteiger charge is 2.03. The van der Waals surface area contributed by atoms with E-state index >= 15 is 0 Å². The van der Waals surface area contributed by atoms with E-state index in [0.29, 0.717) is 6.61 Å². The number of pyridine rings is 1. The van der Waals surface area contributed by atoms with Gasteiger partial charge in [-0.2, -0.15) is 0 Å². The molecule has 0 amide bonds. The average Bonchev–Trinajstić information content (AvgIpc) is 2.63. The van der Waals surface area contributed by atoms with Crippen LogP contribution in [-0.4, -0.2) is 11.7 Å². The Bertz CT molecular complexity index is 411. The van der Waals surface area contributed by atoms with Gasteiger partial charge in [0.15, 0.2) is 12.4 Å². The molecule has 1 rings (SSSR count). The van der Waals surface area contributed by atoms with Crippen LogP contribution in [0.5, 0.6) is 0 Å². The van der Waals surface area contributed by atoms with Crippen molar-refractivity contribution in [1.82, 2.24) is 0 Å². The van der Waals surface area contributed by atoms with E-state index in [-0.39, 0.29) is 12.4 Å². The molecule has 0 aliphatic rings. The molecule has 0 spiro atoms. The van der Waals surface area contributed by atoms with Crippen LogP contribution >= 0.6 is 0 Å². The molecule has 1 aromatic rings. The van der Waals surface area contributed by atoms with Gasteiger partial charge in [0.25, 0.3) is 0 Å². The fourth-order valence-corrected chi connectivity index (χ4v) is 3.44. The summed E-state index contributed by atoms with van der Waals surface area (Å²) < 4.78 is 2.38. The van der Waals surface area contributed by atoms with Crippen molar-refractivity contribution in [2.45, 2.75) is 110 Å². The molecular weight excluding hydrogens is 342 g/mol. The molecule has 2 nitrogen and oxygen atoms in total. The molecule has 3 heteroatoms. The highest BCUT2D eigenvalue weighted by molar-refractivity contribution is 5.05. The summed E-state index contributed by atoms with van der Waals surface area (Å²) in [4.78, 5) is 0. The Labute approximate surface area is 168 Å². The second-order valence-electron chi connectivity index (χ2n) is 7.52. The standard InChI is InChI=1S/C23H42NO.ClH/c1-2-3-4-5-10-13-17-23-18-16-20-24(22-23)19-14-11-8-6-7-9-12-15-21-25;/h16,18,20,22,25H,2-15,17,19,21H2,1H3;1H/q+1;/p-1. The zero-order chi connectivity index (χ0) is 18.0. The predicted octanol–water partition coefficient (Wildman–Crippen LogP) is 2.99. The molecule has 1 N–H and O–H groups in total. The molecule has 26 heavy (non-hydrogen) atoms. The number of aryl methyl sites for hydroxylation is 2. The van der Waals surface area contributed by atoms with Crippen LogP contribution in [-0.2, 0) is 13.0 Å². The topological polar surface area (TPSA) is 24.1 Å². The first-order valence-corrected chi connectivity index (χ1v) is 11.0. The second-order valence-corrected chi connectivity index (χ2v) is 7.52. The van der Waals surface area contributed by atoms with Crippen molar-refractivity contribution in [3.05, 3.63) is 30.1 Å². The average molecular weight is 384 g/mol. The summed E-state index contributed by atoms with van der Waals surface area (Å²) in [5, 5.41) is 8.76. The van der Waals surface area contributed by atoms with E-state index in [2.05, 4.69) is 36.0 Å². The number of aliphatic hydroxyl groups excluding tert-OH is 1. The summed E-state index contributed by atoms with van der Waals surface area (Å²) >= 11 is 0. The van der Waals surface area contributed by atoms with Crippen molar-refractivity contribution in [2.24, 2.45) is 0 Å². The molecule has 0 aliphatic heterocycles. The van der Waals surface area contributed by atoms with Crippen molar-refractivity contribution >= 4 is 0 Å². The van der Waals surface area contributed by atoms with Crippen LogP contribution in [0.1, 0.15) is 102 Å². The fourth-order valence-electron chi connectivity index (χ4n) is 3.44. The van der Waals surface area contributed by atoms with E-state index in [9.17, 15) is 0 Å². The van der Waals surface area contributed by atoms with Gasteiger partial charge < -0.3 is 17.5 Å². The molecule has 0 saturated heterocycles. The Morgan fingerprint density at radius 2 is 1.35 bits per heavy atom. The van der Waals surface area contributed by atoms with Crippen LogP contribution in [0.4, 0.5) is 0 Å². The maximum Gasteiger partial charge on any atom is 0.171 e. The van der Waals surface area contributed by atoms with Gasteiger partial charge in [0, 0.05) is 24.7 Å². The van der Waals surface area contributed by atoms with E-state index in [1.54, 1.807) is 0 Å². The van der Waals surface area contributed by atoms with Crippen LogP contribution < -0.4 is 17.0 Å². The van der Waals surface area contributed by atoms with Gasteiger partial charge in [-0.15, -0.1) is 0 Å². The van der Waals surface area contributed by atoms with E-state index in [4.69, 9.17) is 5.11 Å². The first-order chi connectivity index (χ1) is 12.4. The Hall–Kier alpha value is -0.600. The minimum atomic E-state index is 0. The first kappa shape index (κ1) is 25.4. The monoisotopic (exact) mass is 383 g/mol. The summed E-state index contributed by atoms with van der Waals surface area (Å²) in [7, 11) is 0. The molecule has 0 saturated carbocycles. The molecule has 0 fully saturated rings. The molecule has 0 aliphatic carbocycles. The van der Waals surface area contributed by atoms with Gasteiger partial charge in [0.05, 0.1) is 0 Å². The summed E-state index contributed by atoms with van der Waals surface area (Å²) in [6.07, 6.45) is 24.2. The third-order valence-electron chi connectivity index (χ3n) is 5.06. The van der Waals surface area contributed by atoms with Crippen LogP contribution in [0.15, 0.2) is 24.5 Å². The lowest BCUT2D eigenvalue weighted by Gasteiger charge is -2.03. The quantitative estimate of drug-likeness (QED) is 0.324. The largest absolute Gasteiger partial charge is 1.00 e. The Morgan fingerprint density at radius 1 is 0.769 bits per heavy atom. The Morgan fingerprint density at radius 3 is 2.00 bits per heavy atom. The number of aromatic nitrogens is 1. The number of unbranched alkanes of at least 4 members (excludes halogenated alkanes) is 12. The van der Waals surface area contributed by atoms with Gasteiger partial charge >= 0.3 is 0 Å². The van der Waals surface area contributed by atoms with Crippen molar-refractivity contribution in [1.29, 1.82) is 0 Å². The molecule has 0 bridgehead atoms. The van der Waals surface area contributed by atoms with Crippen LogP contribution in [0.3, 0.4) is 0 Å². The van der Waals surface area contributed by atoms with Gasteiger partial charge in [-0.3, -0.25) is 0 Å². The van der Waals surface area contributed by atoms with Crippen LogP contribution in [0.25, 0.3) is 0 Å². The van der Waals surface area contributed by atoms with Gasteiger partial charge in [0.2, 0.25) is 0 Å². The normalized spacial score (nSPS) is 10.7. The van der Waals surface area contributed by atoms with Crippen molar-refractivity contribution < 1.29 is 22.1 Å². The lowest BCUT2D eigenvalue weighted by Crippen LogP contribution is -3.00. The highest BCUT2D eigenvalue weighted by Crippen LogP contribution is 2.10. The SMILES string of the molecule is CCCCCCCCc1ccc[n+](CCCCCCCCCCO)c1.[Cl-]. The number of aliphatic hydroxyl groups is 1. The van der Waals surface area contributed by atoms with Crippen molar-refractivity contribution in [3.8, 4) is 0 Å². The van der Waals surface area contributed by atoms with E-state index in [1.807, 2.05) is 0 Å². The van der Waals surface area contributed by atoms with Crippen molar-refractivity contribution in [2.75, 3.05) is 6.61 Å². The molecule has 0 radical (unpaired) electrons. The molecule has 0 atom stereocenters. The predicted molar refractivity (Wildman–Crippen MR) is 108 cm³/mol. The Balaban J connectivity index is 0.00000625. The lowest BCUT2D eigenvalue weighted by molar-refractivity contribution is -0.697. The van der Waals surface area contributed by atoms with Crippen molar-refractivity contribution in [3.63, 3.8) is 0 Å². The van der Waals surface area contributed by atoms with Gasteiger partial charge in [-0.05, 0) is 31.7 Å². The smallest absolute Gasteiger partial charge is 0.171 e. The summed E-state index contributed by atoms with van der Waals surface area (Å²) in [6.45, 7) is 3.80. The molecule has 0 unspecified atom stereocenters. The first-order valence-electron chi connectivity index (χ1n) is 11.0. The summed E-state index contributed by atoms with van der Waals surface area (Å²) in [5.74, 6) is 0. The maximum absolute atomic E-state index is 8.76. The molecule has 152 valence electrons. The fraction of sp³-hybridized carbons (Fsp3) is 0.783. The summed E-state index contributed by atoms with van der Waals surface area (Å²) in [6, 6.07) is 4.50. The maximum atomic E-state index is 8.76. The Kier molecular flexibility index (Phi) is 18.7. The lowest BCUT2D eigenvalue weighted by atomic mass is 10.1. The van der Waals surface area contributed by atoms with Gasteiger partial charge in [0.1, 0.15) is 6.54 Å². The summed E-state index contributed by atoms with van der Waals surface area (Å²) in [5.41, 5.74) is 1.50. The second kappa shape index (κ2) is 19.2.